The number of hydrogen-bond donors (Lipinski definition) is 1. The number of amides is 2. The van der Waals surface area contributed by atoms with Crippen LogP contribution in [0.5, 0.6) is 0 Å². The monoisotopic (exact) mass is 430 g/mol. The highest BCUT2D eigenvalue weighted by molar-refractivity contribution is 5.93. The summed E-state index contributed by atoms with van der Waals surface area (Å²) < 4.78 is 13.0. The van der Waals surface area contributed by atoms with Gasteiger partial charge in [-0.25, -0.2) is 9.78 Å². The SMILES string of the molecule is CCOCCCn1c(NC(=O)C2CCCN(C(=O)OC(C)(C)C)C2)nc2ccccc21. The van der Waals surface area contributed by atoms with Crippen LogP contribution in [0.15, 0.2) is 24.3 Å². The molecule has 1 fully saturated rings. The average molecular weight is 431 g/mol. The lowest BCUT2D eigenvalue weighted by Gasteiger charge is -2.33. The van der Waals surface area contributed by atoms with Crippen LogP contribution >= 0.6 is 0 Å². The molecule has 1 N–H and O–H groups in total. The minimum Gasteiger partial charge on any atom is -0.444 e. The number of likely N-dealkylation sites (tertiary alicyclic amines) is 1. The topological polar surface area (TPSA) is 85.7 Å². The van der Waals surface area contributed by atoms with Crippen LogP contribution < -0.4 is 5.32 Å². The minimum absolute atomic E-state index is 0.116. The molecule has 2 heterocycles. The number of hydrogen-bond acceptors (Lipinski definition) is 5. The van der Waals surface area contributed by atoms with Gasteiger partial charge in [0.2, 0.25) is 11.9 Å². The Morgan fingerprint density at radius 2 is 2.03 bits per heavy atom. The van der Waals surface area contributed by atoms with Gasteiger partial charge < -0.3 is 18.9 Å². The van der Waals surface area contributed by atoms with Crippen LogP contribution in [0.25, 0.3) is 11.0 Å². The summed E-state index contributed by atoms with van der Waals surface area (Å²) in [6.07, 6.45) is 1.96. The number of para-hydroxylation sites is 2. The van der Waals surface area contributed by atoms with Gasteiger partial charge in [0.15, 0.2) is 0 Å². The molecule has 1 aromatic heterocycles. The Kier molecular flexibility index (Phi) is 7.54. The predicted octanol–water partition coefficient (Wildman–Crippen LogP) is 4.05. The van der Waals surface area contributed by atoms with Crippen LogP contribution in [0.1, 0.15) is 47.0 Å². The number of carbonyl (C=O) groups is 2. The lowest BCUT2D eigenvalue weighted by molar-refractivity contribution is -0.121. The second kappa shape index (κ2) is 10.1. The van der Waals surface area contributed by atoms with Crippen molar-refractivity contribution in [2.45, 2.75) is 59.1 Å². The lowest BCUT2D eigenvalue weighted by atomic mass is 9.97. The number of ether oxygens (including phenoxy) is 2. The van der Waals surface area contributed by atoms with Crippen molar-refractivity contribution in [3.05, 3.63) is 24.3 Å². The van der Waals surface area contributed by atoms with Crippen LogP contribution in [0.2, 0.25) is 0 Å². The van der Waals surface area contributed by atoms with E-state index in [0.717, 1.165) is 30.3 Å². The van der Waals surface area contributed by atoms with E-state index in [9.17, 15) is 9.59 Å². The molecule has 1 aromatic carbocycles. The summed E-state index contributed by atoms with van der Waals surface area (Å²) in [5.74, 6) is 0.129. The highest BCUT2D eigenvalue weighted by Crippen LogP contribution is 2.24. The molecule has 8 heteroatoms. The zero-order valence-corrected chi connectivity index (χ0v) is 19.0. The second-order valence-electron chi connectivity index (χ2n) is 8.88. The van der Waals surface area contributed by atoms with Crippen molar-refractivity contribution in [2.24, 2.45) is 5.92 Å². The Bertz CT molecular complexity index is 903. The summed E-state index contributed by atoms with van der Waals surface area (Å²) in [4.78, 5) is 31.7. The van der Waals surface area contributed by atoms with E-state index in [1.165, 1.54) is 0 Å². The van der Waals surface area contributed by atoms with Crippen LogP contribution in [0.4, 0.5) is 10.7 Å². The van der Waals surface area contributed by atoms with Crippen molar-refractivity contribution < 1.29 is 19.1 Å². The van der Waals surface area contributed by atoms with Gasteiger partial charge in [0.1, 0.15) is 5.60 Å². The molecule has 0 saturated carbocycles. The number of nitrogens with one attached hydrogen (secondary N) is 1. The summed E-state index contributed by atoms with van der Waals surface area (Å²) in [6, 6.07) is 7.85. The maximum Gasteiger partial charge on any atom is 0.410 e. The first-order valence-electron chi connectivity index (χ1n) is 11.1. The molecule has 31 heavy (non-hydrogen) atoms. The van der Waals surface area contributed by atoms with E-state index < -0.39 is 5.60 Å². The maximum absolute atomic E-state index is 13.1. The Morgan fingerprint density at radius 1 is 1.26 bits per heavy atom. The number of fused-ring (bicyclic) bond motifs is 1. The Balaban J connectivity index is 1.70. The number of aryl methyl sites for hydroxylation is 1. The Morgan fingerprint density at radius 3 is 2.77 bits per heavy atom. The van der Waals surface area contributed by atoms with Gasteiger partial charge in [0, 0.05) is 32.8 Å². The van der Waals surface area contributed by atoms with Crippen LogP contribution in [-0.4, -0.2) is 58.4 Å². The van der Waals surface area contributed by atoms with E-state index in [2.05, 4.69) is 10.3 Å². The molecule has 3 rings (SSSR count). The number of imidazole rings is 1. The lowest BCUT2D eigenvalue weighted by Crippen LogP contribution is -2.45. The number of piperidine rings is 1. The highest BCUT2D eigenvalue weighted by Gasteiger charge is 2.31. The largest absolute Gasteiger partial charge is 0.444 e. The number of benzene rings is 1. The summed E-state index contributed by atoms with van der Waals surface area (Å²) in [6.45, 7) is 10.5. The first-order valence-corrected chi connectivity index (χ1v) is 11.1. The minimum atomic E-state index is -0.557. The van der Waals surface area contributed by atoms with Crippen molar-refractivity contribution in [1.82, 2.24) is 14.5 Å². The van der Waals surface area contributed by atoms with Crippen molar-refractivity contribution in [1.29, 1.82) is 0 Å². The van der Waals surface area contributed by atoms with E-state index in [1.54, 1.807) is 4.90 Å². The van der Waals surface area contributed by atoms with Crippen molar-refractivity contribution in [2.75, 3.05) is 31.6 Å². The van der Waals surface area contributed by atoms with Crippen LogP contribution in [0.3, 0.4) is 0 Å². The number of carbonyl (C=O) groups excluding carboxylic acids is 2. The normalized spacial score (nSPS) is 17.0. The zero-order chi connectivity index (χ0) is 22.4. The molecule has 0 spiro atoms. The van der Waals surface area contributed by atoms with Crippen molar-refractivity contribution >= 4 is 29.0 Å². The molecule has 1 aliphatic heterocycles. The van der Waals surface area contributed by atoms with Gasteiger partial charge in [-0.15, -0.1) is 0 Å². The fourth-order valence-corrected chi connectivity index (χ4v) is 3.76. The maximum atomic E-state index is 13.1. The van der Waals surface area contributed by atoms with Crippen LogP contribution in [-0.2, 0) is 20.8 Å². The third kappa shape index (κ3) is 6.19. The molecule has 0 aliphatic carbocycles. The number of nitrogens with zero attached hydrogens (tertiary/aromatic N) is 3. The Labute approximate surface area is 183 Å². The molecule has 170 valence electrons. The molecule has 0 radical (unpaired) electrons. The zero-order valence-electron chi connectivity index (χ0n) is 19.0. The predicted molar refractivity (Wildman–Crippen MR) is 120 cm³/mol. The first kappa shape index (κ1) is 23.1. The molecular weight excluding hydrogens is 396 g/mol. The van der Waals surface area contributed by atoms with E-state index in [4.69, 9.17) is 9.47 Å². The van der Waals surface area contributed by atoms with Gasteiger partial charge in [0.05, 0.1) is 17.0 Å². The molecule has 1 saturated heterocycles. The van der Waals surface area contributed by atoms with E-state index in [0.29, 0.717) is 38.8 Å². The van der Waals surface area contributed by atoms with Gasteiger partial charge >= 0.3 is 6.09 Å². The van der Waals surface area contributed by atoms with Gasteiger partial charge in [0.25, 0.3) is 0 Å². The fourth-order valence-electron chi connectivity index (χ4n) is 3.76. The van der Waals surface area contributed by atoms with Crippen LogP contribution in [0, 0.1) is 5.92 Å². The van der Waals surface area contributed by atoms with Gasteiger partial charge in [-0.3, -0.25) is 10.1 Å². The molecule has 2 amide bonds. The van der Waals surface area contributed by atoms with E-state index in [1.807, 2.05) is 56.5 Å². The van der Waals surface area contributed by atoms with Gasteiger partial charge in [-0.05, 0) is 59.1 Å². The molecule has 0 bridgehead atoms. The highest BCUT2D eigenvalue weighted by atomic mass is 16.6. The van der Waals surface area contributed by atoms with E-state index in [-0.39, 0.29) is 17.9 Å². The molecule has 1 aliphatic rings. The summed E-state index contributed by atoms with van der Waals surface area (Å²) >= 11 is 0. The second-order valence-corrected chi connectivity index (χ2v) is 8.88. The van der Waals surface area contributed by atoms with Gasteiger partial charge in [-0.1, -0.05) is 12.1 Å². The molecule has 2 aromatic rings. The fraction of sp³-hybridized carbons (Fsp3) is 0.609. The smallest absolute Gasteiger partial charge is 0.410 e. The third-order valence-corrected chi connectivity index (χ3v) is 5.21. The van der Waals surface area contributed by atoms with Crippen molar-refractivity contribution in [3.8, 4) is 0 Å². The average Bonchev–Trinajstić information content (AvgIpc) is 3.07. The number of anilines is 1. The molecule has 1 unspecified atom stereocenters. The van der Waals surface area contributed by atoms with Gasteiger partial charge in [-0.2, -0.15) is 0 Å². The quantitative estimate of drug-likeness (QED) is 0.670. The number of rotatable bonds is 7. The van der Waals surface area contributed by atoms with Crippen molar-refractivity contribution in [3.63, 3.8) is 0 Å². The Hall–Kier alpha value is -2.61. The first-order chi connectivity index (χ1) is 14.8. The van der Waals surface area contributed by atoms with E-state index >= 15 is 0 Å². The molecule has 1 atom stereocenters. The molecular formula is C23H34N4O4. The summed E-state index contributed by atoms with van der Waals surface area (Å²) in [5, 5.41) is 3.01. The number of aromatic nitrogens is 2. The summed E-state index contributed by atoms with van der Waals surface area (Å²) in [5.41, 5.74) is 1.26. The summed E-state index contributed by atoms with van der Waals surface area (Å²) in [7, 11) is 0. The molecule has 8 nitrogen and oxygen atoms in total. The third-order valence-electron chi connectivity index (χ3n) is 5.21. The standard InChI is InChI=1S/C23H34N4O4/c1-5-30-15-9-14-27-19-12-7-6-11-18(19)24-21(27)25-20(28)17-10-8-13-26(16-17)22(29)31-23(2,3)4/h6-7,11-12,17H,5,8-10,13-16H2,1-4H3,(H,24,25,28).